The Morgan fingerprint density at radius 2 is 1.77 bits per heavy atom. The van der Waals surface area contributed by atoms with Gasteiger partial charge in [0, 0.05) is 17.1 Å². The van der Waals surface area contributed by atoms with Gasteiger partial charge in [-0.05, 0) is 42.0 Å². The van der Waals surface area contributed by atoms with Gasteiger partial charge in [-0.2, -0.15) is 0 Å². The van der Waals surface area contributed by atoms with E-state index in [0.29, 0.717) is 22.9 Å². The number of amides is 2. The minimum Gasteiger partial charge on any atom is -0.497 e. The molecule has 1 aliphatic heterocycles. The highest BCUT2D eigenvalue weighted by Gasteiger charge is 2.34. The molecule has 0 aromatic heterocycles. The van der Waals surface area contributed by atoms with E-state index in [9.17, 15) is 9.59 Å². The van der Waals surface area contributed by atoms with Gasteiger partial charge < -0.3 is 4.74 Å². The van der Waals surface area contributed by atoms with Gasteiger partial charge >= 0.3 is 0 Å². The van der Waals surface area contributed by atoms with Gasteiger partial charge in [0.2, 0.25) is 5.91 Å². The van der Waals surface area contributed by atoms with Gasteiger partial charge in [-0.25, -0.2) is 5.43 Å². The number of benzene rings is 2. The number of ether oxygens (including phenoxy) is 1. The summed E-state index contributed by atoms with van der Waals surface area (Å²) < 4.78 is 5.05. The molecular formula is C18H19ClN4O3. The Balaban J connectivity index is 1.59. The quantitative estimate of drug-likeness (QED) is 0.610. The molecule has 2 aromatic carbocycles. The first kappa shape index (κ1) is 18.2. The molecule has 3 rings (SSSR count). The van der Waals surface area contributed by atoms with Crippen LogP contribution in [0.25, 0.3) is 0 Å². The maximum absolute atomic E-state index is 12.5. The van der Waals surface area contributed by atoms with Crippen molar-refractivity contribution in [2.75, 3.05) is 13.7 Å². The predicted molar refractivity (Wildman–Crippen MR) is 97.4 cm³/mol. The van der Waals surface area contributed by atoms with Crippen LogP contribution in [0.1, 0.15) is 22.0 Å². The number of nitrogens with one attached hydrogen (secondary N) is 4. The van der Waals surface area contributed by atoms with Crippen LogP contribution in [0.5, 0.6) is 5.75 Å². The van der Waals surface area contributed by atoms with Crippen molar-refractivity contribution in [3.8, 4) is 5.75 Å². The Labute approximate surface area is 156 Å². The van der Waals surface area contributed by atoms with Crippen molar-refractivity contribution in [1.82, 2.24) is 21.7 Å². The maximum Gasteiger partial charge on any atom is 0.269 e. The van der Waals surface area contributed by atoms with Crippen LogP contribution in [0, 0.1) is 5.92 Å². The standard InChI is InChI=1S/C18H19ClN4O3/c1-26-14-8-4-12(5-9-14)17(24)22-23-18(25)15-10-20-21-16(15)11-2-6-13(19)7-3-11/h2-9,15-16,20-21H,10H2,1H3,(H,22,24)(H,23,25). The number of rotatable bonds is 4. The molecule has 26 heavy (non-hydrogen) atoms. The number of hydrogen-bond acceptors (Lipinski definition) is 5. The Morgan fingerprint density at radius 3 is 2.42 bits per heavy atom. The molecule has 7 nitrogen and oxygen atoms in total. The van der Waals surface area contributed by atoms with Crippen LogP contribution >= 0.6 is 11.6 Å². The van der Waals surface area contributed by atoms with Crippen molar-refractivity contribution in [1.29, 1.82) is 0 Å². The first-order chi connectivity index (χ1) is 12.6. The Hall–Kier alpha value is -2.61. The van der Waals surface area contributed by atoms with E-state index in [0.717, 1.165) is 5.56 Å². The van der Waals surface area contributed by atoms with E-state index in [-0.39, 0.29) is 17.9 Å². The topological polar surface area (TPSA) is 91.5 Å². The average molecular weight is 375 g/mol. The summed E-state index contributed by atoms with van der Waals surface area (Å²) in [6.45, 7) is 0.442. The van der Waals surface area contributed by atoms with Crippen molar-refractivity contribution in [2.45, 2.75) is 6.04 Å². The van der Waals surface area contributed by atoms with Crippen LogP contribution in [0.15, 0.2) is 48.5 Å². The smallest absolute Gasteiger partial charge is 0.269 e. The summed E-state index contributed by atoms with van der Waals surface area (Å²) >= 11 is 5.91. The Kier molecular flexibility index (Phi) is 5.72. The summed E-state index contributed by atoms with van der Waals surface area (Å²) in [4.78, 5) is 24.6. The minimum atomic E-state index is -0.400. The Morgan fingerprint density at radius 1 is 1.08 bits per heavy atom. The molecule has 2 amide bonds. The first-order valence-corrected chi connectivity index (χ1v) is 8.44. The fourth-order valence-electron chi connectivity index (χ4n) is 2.75. The fourth-order valence-corrected chi connectivity index (χ4v) is 2.88. The molecule has 2 unspecified atom stereocenters. The second-order valence-corrected chi connectivity index (χ2v) is 6.27. The van der Waals surface area contributed by atoms with Crippen LogP contribution < -0.4 is 26.4 Å². The molecule has 0 spiro atoms. The van der Waals surface area contributed by atoms with E-state index in [1.807, 2.05) is 12.1 Å². The maximum atomic E-state index is 12.5. The normalized spacial score (nSPS) is 19.0. The van der Waals surface area contributed by atoms with Gasteiger partial charge in [-0.15, -0.1) is 0 Å². The lowest BCUT2D eigenvalue weighted by Gasteiger charge is -2.18. The molecule has 1 fully saturated rings. The number of halogens is 1. The largest absolute Gasteiger partial charge is 0.497 e. The number of carbonyl (C=O) groups excluding carboxylic acids is 2. The SMILES string of the molecule is COc1ccc(C(=O)NNC(=O)C2CNNC2c2ccc(Cl)cc2)cc1. The highest BCUT2D eigenvalue weighted by Crippen LogP contribution is 2.26. The summed E-state index contributed by atoms with van der Waals surface area (Å²) in [6.07, 6.45) is 0. The van der Waals surface area contributed by atoms with E-state index < -0.39 is 5.91 Å². The molecule has 1 saturated heterocycles. The summed E-state index contributed by atoms with van der Waals surface area (Å²) in [7, 11) is 1.55. The molecule has 1 aliphatic rings. The molecule has 1 heterocycles. The summed E-state index contributed by atoms with van der Waals surface area (Å²) in [5, 5.41) is 0.632. The lowest BCUT2D eigenvalue weighted by atomic mass is 9.94. The number of methoxy groups -OCH3 is 1. The van der Waals surface area contributed by atoms with E-state index in [1.54, 1.807) is 43.5 Å². The molecule has 4 N–H and O–H groups in total. The van der Waals surface area contributed by atoms with Gasteiger partial charge in [0.15, 0.2) is 0 Å². The predicted octanol–water partition coefficient (Wildman–Crippen LogP) is 1.57. The van der Waals surface area contributed by atoms with Crippen molar-refractivity contribution in [2.24, 2.45) is 5.92 Å². The highest BCUT2D eigenvalue weighted by molar-refractivity contribution is 6.30. The molecular weight excluding hydrogens is 356 g/mol. The van der Waals surface area contributed by atoms with E-state index in [1.165, 1.54) is 0 Å². The summed E-state index contributed by atoms with van der Waals surface area (Å²) in [6, 6.07) is 13.7. The van der Waals surface area contributed by atoms with Gasteiger partial charge in [-0.1, -0.05) is 23.7 Å². The second kappa shape index (κ2) is 8.18. The fraction of sp³-hybridized carbons (Fsp3) is 0.222. The lowest BCUT2D eigenvalue weighted by molar-refractivity contribution is -0.125. The Bertz CT molecular complexity index is 780. The van der Waals surface area contributed by atoms with Crippen molar-refractivity contribution in [3.05, 3.63) is 64.7 Å². The first-order valence-electron chi connectivity index (χ1n) is 8.06. The van der Waals surface area contributed by atoms with E-state index in [4.69, 9.17) is 16.3 Å². The van der Waals surface area contributed by atoms with Crippen molar-refractivity contribution in [3.63, 3.8) is 0 Å². The molecule has 2 atom stereocenters. The number of carbonyl (C=O) groups is 2. The van der Waals surface area contributed by atoms with E-state index >= 15 is 0 Å². The number of hydrogen-bond donors (Lipinski definition) is 4. The van der Waals surface area contributed by atoms with Crippen LogP contribution in [0.3, 0.4) is 0 Å². The van der Waals surface area contributed by atoms with Gasteiger partial charge in [0.1, 0.15) is 5.75 Å². The zero-order chi connectivity index (χ0) is 18.5. The van der Waals surface area contributed by atoms with Gasteiger partial charge in [-0.3, -0.25) is 25.9 Å². The van der Waals surface area contributed by atoms with Gasteiger partial charge in [0.25, 0.3) is 5.91 Å². The zero-order valence-electron chi connectivity index (χ0n) is 14.1. The van der Waals surface area contributed by atoms with E-state index in [2.05, 4.69) is 21.7 Å². The summed E-state index contributed by atoms with van der Waals surface area (Å²) in [5.41, 5.74) is 12.3. The third-order valence-electron chi connectivity index (χ3n) is 4.20. The van der Waals surface area contributed by atoms with Gasteiger partial charge in [0.05, 0.1) is 19.1 Å². The molecule has 2 aromatic rings. The third-order valence-corrected chi connectivity index (χ3v) is 4.45. The van der Waals surface area contributed by atoms with Crippen molar-refractivity contribution < 1.29 is 14.3 Å². The molecule has 8 heteroatoms. The zero-order valence-corrected chi connectivity index (χ0v) is 14.8. The molecule has 0 aliphatic carbocycles. The molecule has 0 bridgehead atoms. The minimum absolute atomic E-state index is 0.217. The van der Waals surface area contributed by atoms with Crippen LogP contribution in [-0.2, 0) is 4.79 Å². The van der Waals surface area contributed by atoms with Crippen LogP contribution in [0.2, 0.25) is 5.02 Å². The van der Waals surface area contributed by atoms with Crippen LogP contribution in [-0.4, -0.2) is 25.5 Å². The average Bonchev–Trinajstić information content (AvgIpc) is 3.16. The molecule has 136 valence electrons. The number of hydrazine groups is 2. The third kappa shape index (κ3) is 4.13. The second-order valence-electron chi connectivity index (χ2n) is 5.83. The van der Waals surface area contributed by atoms with Crippen molar-refractivity contribution >= 4 is 23.4 Å². The highest BCUT2D eigenvalue weighted by atomic mass is 35.5. The molecule has 0 saturated carbocycles. The lowest BCUT2D eigenvalue weighted by Crippen LogP contribution is -2.46. The van der Waals surface area contributed by atoms with Crippen LogP contribution in [0.4, 0.5) is 0 Å². The molecule has 0 radical (unpaired) electrons. The summed E-state index contributed by atoms with van der Waals surface area (Å²) in [5.74, 6) is -0.417. The monoisotopic (exact) mass is 374 g/mol.